The van der Waals surface area contributed by atoms with Gasteiger partial charge in [0.1, 0.15) is 17.6 Å². The van der Waals surface area contributed by atoms with Gasteiger partial charge >= 0.3 is 0 Å². The Kier molecular flexibility index (Phi) is 8.15. The SMILES string of the molecule is Cc1ccc(C(C(=O)NCc2ccco2)N(Cc2ccc(F)cc2)C(=O)CNC(=O)c2ccco2)cc1. The van der Waals surface area contributed by atoms with Gasteiger partial charge in [0.15, 0.2) is 5.76 Å². The third-order valence-corrected chi connectivity index (χ3v) is 5.70. The number of rotatable bonds is 10. The van der Waals surface area contributed by atoms with Gasteiger partial charge in [-0.25, -0.2) is 4.39 Å². The summed E-state index contributed by atoms with van der Waals surface area (Å²) in [6.07, 6.45) is 2.86. The maximum atomic E-state index is 13.5. The van der Waals surface area contributed by atoms with Crippen LogP contribution in [0.15, 0.2) is 94.2 Å². The lowest BCUT2D eigenvalue weighted by atomic mass is 10.0. The van der Waals surface area contributed by atoms with Crippen LogP contribution in [0, 0.1) is 12.7 Å². The highest BCUT2D eigenvalue weighted by molar-refractivity contribution is 5.95. The minimum atomic E-state index is -1.03. The van der Waals surface area contributed by atoms with Crippen LogP contribution in [0.3, 0.4) is 0 Å². The van der Waals surface area contributed by atoms with Crippen molar-refractivity contribution < 1.29 is 27.6 Å². The summed E-state index contributed by atoms with van der Waals surface area (Å²) in [6.45, 7) is 1.67. The van der Waals surface area contributed by atoms with Gasteiger partial charge in [0.25, 0.3) is 5.91 Å². The highest BCUT2D eigenvalue weighted by Gasteiger charge is 2.32. The van der Waals surface area contributed by atoms with E-state index in [1.54, 1.807) is 42.5 Å². The Morgan fingerprint density at radius 1 is 0.892 bits per heavy atom. The Balaban J connectivity index is 1.63. The average molecular weight is 504 g/mol. The summed E-state index contributed by atoms with van der Waals surface area (Å²) < 4.78 is 23.9. The van der Waals surface area contributed by atoms with E-state index < -0.39 is 29.6 Å². The first-order valence-corrected chi connectivity index (χ1v) is 11.6. The molecule has 9 heteroatoms. The fraction of sp³-hybridized carbons (Fsp3) is 0.179. The van der Waals surface area contributed by atoms with E-state index in [1.165, 1.54) is 35.6 Å². The predicted molar refractivity (Wildman–Crippen MR) is 132 cm³/mol. The van der Waals surface area contributed by atoms with E-state index >= 15 is 0 Å². The molecule has 0 aliphatic rings. The molecule has 0 spiro atoms. The number of nitrogens with zero attached hydrogens (tertiary/aromatic N) is 1. The smallest absolute Gasteiger partial charge is 0.287 e. The van der Waals surface area contributed by atoms with Gasteiger partial charge in [-0.05, 0) is 54.4 Å². The van der Waals surface area contributed by atoms with Gasteiger partial charge in [-0.15, -0.1) is 0 Å². The predicted octanol–water partition coefficient (Wildman–Crippen LogP) is 4.14. The Hall–Kier alpha value is -4.66. The number of benzene rings is 2. The molecule has 0 bridgehead atoms. The molecule has 2 aromatic carbocycles. The second-order valence-corrected chi connectivity index (χ2v) is 8.42. The molecular weight excluding hydrogens is 477 g/mol. The third-order valence-electron chi connectivity index (χ3n) is 5.70. The molecule has 1 unspecified atom stereocenters. The van der Waals surface area contributed by atoms with Gasteiger partial charge < -0.3 is 24.4 Å². The van der Waals surface area contributed by atoms with Crippen LogP contribution in [-0.2, 0) is 22.7 Å². The summed E-state index contributed by atoms with van der Waals surface area (Å²) in [4.78, 5) is 40.8. The maximum absolute atomic E-state index is 13.5. The lowest BCUT2D eigenvalue weighted by Gasteiger charge is -2.31. The first kappa shape index (κ1) is 25.4. The zero-order valence-corrected chi connectivity index (χ0v) is 20.1. The van der Waals surface area contributed by atoms with Gasteiger partial charge in [0.2, 0.25) is 11.8 Å². The van der Waals surface area contributed by atoms with Crippen molar-refractivity contribution >= 4 is 17.7 Å². The van der Waals surface area contributed by atoms with Crippen LogP contribution in [0.1, 0.15) is 39.0 Å². The van der Waals surface area contributed by atoms with Crippen molar-refractivity contribution in [2.24, 2.45) is 0 Å². The normalized spacial score (nSPS) is 11.5. The second kappa shape index (κ2) is 11.9. The van der Waals surface area contributed by atoms with E-state index in [0.717, 1.165) is 5.56 Å². The third kappa shape index (κ3) is 6.72. The average Bonchev–Trinajstić information content (AvgIpc) is 3.62. The van der Waals surface area contributed by atoms with Crippen molar-refractivity contribution in [3.63, 3.8) is 0 Å². The molecule has 8 nitrogen and oxygen atoms in total. The molecule has 2 N–H and O–H groups in total. The topological polar surface area (TPSA) is 105 Å². The number of hydrogen-bond donors (Lipinski definition) is 2. The van der Waals surface area contributed by atoms with Crippen molar-refractivity contribution in [2.75, 3.05) is 6.54 Å². The number of halogens is 1. The molecule has 0 saturated carbocycles. The first-order valence-electron chi connectivity index (χ1n) is 11.6. The first-order chi connectivity index (χ1) is 17.9. The fourth-order valence-corrected chi connectivity index (χ4v) is 3.77. The molecule has 4 aromatic rings. The van der Waals surface area contributed by atoms with Gasteiger partial charge in [0, 0.05) is 6.54 Å². The van der Waals surface area contributed by atoms with Crippen molar-refractivity contribution in [1.29, 1.82) is 0 Å². The molecule has 4 rings (SSSR count). The molecule has 2 aromatic heterocycles. The highest BCUT2D eigenvalue weighted by atomic mass is 19.1. The number of aryl methyl sites for hydroxylation is 1. The monoisotopic (exact) mass is 503 g/mol. The summed E-state index contributed by atoms with van der Waals surface area (Å²) in [7, 11) is 0. The number of hydrogen-bond acceptors (Lipinski definition) is 5. The lowest BCUT2D eigenvalue weighted by Crippen LogP contribution is -2.46. The minimum Gasteiger partial charge on any atom is -0.467 e. The molecule has 0 aliphatic heterocycles. The van der Waals surface area contributed by atoms with Crippen molar-refractivity contribution in [2.45, 2.75) is 26.1 Å². The molecule has 0 aliphatic carbocycles. The summed E-state index contributed by atoms with van der Waals surface area (Å²) >= 11 is 0. The van der Waals surface area contributed by atoms with Crippen LogP contribution in [-0.4, -0.2) is 29.2 Å². The largest absolute Gasteiger partial charge is 0.467 e. The van der Waals surface area contributed by atoms with E-state index in [9.17, 15) is 18.8 Å². The number of carbonyl (C=O) groups is 3. The van der Waals surface area contributed by atoms with E-state index in [4.69, 9.17) is 8.83 Å². The van der Waals surface area contributed by atoms with Gasteiger partial charge in [0.05, 0.1) is 25.6 Å². The Morgan fingerprint density at radius 2 is 1.59 bits per heavy atom. The van der Waals surface area contributed by atoms with E-state index in [-0.39, 0.29) is 25.4 Å². The quantitative estimate of drug-likeness (QED) is 0.339. The van der Waals surface area contributed by atoms with Crippen molar-refractivity contribution in [3.8, 4) is 0 Å². The summed E-state index contributed by atoms with van der Waals surface area (Å²) in [5.74, 6) is -1.31. The Morgan fingerprint density at radius 3 is 2.24 bits per heavy atom. The Labute approximate surface area is 213 Å². The minimum absolute atomic E-state index is 0.00243. The second-order valence-electron chi connectivity index (χ2n) is 8.42. The fourth-order valence-electron chi connectivity index (χ4n) is 3.77. The van der Waals surface area contributed by atoms with E-state index in [0.29, 0.717) is 16.9 Å². The highest BCUT2D eigenvalue weighted by Crippen LogP contribution is 2.25. The van der Waals surface area contributed by atoms with E-state index in [1.807, 2.05) is 19.1 Å². The number of furan rings is 2. The van der Waals surface area contributed by atoms with Gasteiger partial charge in [-0.2, -0.15) is 0 Å². The van der Waals surface area contributed by atoms with Crippen LogP contribution in [0.25, 0.3) is 0 Å². The zero-order chi connectivity index (χ0) is 26.2. The number of carbonyl (C=O) groups excluding carboxylic acids is 3. The van der Waals surface area contributed by atoms with E-state index in [2.05, 4.69) is 10.6 Å². The van der Waals surface area contributed by atoms with Crippen LogP contribution < -0.4 is 10.6 Å². The molecule has 0 saturated heterocycles. The zero-order valence-electron chi connectivity index (χ0n) is 20.1. The lowest BCUT2D eigenvalue weighted by molar-refractivity contribution is -0.141. The molecule has 2 heterocycles. The maximum Gasteiger partial charge on any atom is 0.287 e. The molecule has 0 fully saturated rings. The van der Waals surface area contributed by atoms with Gasteiger partial charge in [-0.1, -0.05) is 42.0 Å². The van der Waals surface area contributed by atoms with Gasteiger partial charge in [-0.3, -0.25) is 14.4 Å². The molecule has 3 amide bonds. The van der Waals surface area contributed by atoms with Crippen molar-refractivity contribution in [1.82, 2.24) is 15.5 Å². The molecule has 37 heavy (non-hydrogen) atoms. The molecule has 1 atom stereocenters. The summed E-state index contributed by atoms with van der Waals surface area (Å²) in [5, 5.41) is 5.37. The van der Waals surface area contributed by atoms with Crippen LogP contribution in [0.2, 0.25) is 0 Å². The van der Waals surface area contributed by atoms with Crippen LogP contribution in [0.5, 0.6) is 0 Å². The molecule has 190 valence electrons. The molecular formula is C28H26FN3O5. The van der Waals surface area contributed by atoms with Crippen molar-refractivity contribution in [3.05, 3.63) is 119 Å². The summed E-state index contributed by atoms with van der Waals surface area (Å²) in [5.41, 5.74) is 2.18. The number of nitrogens with one attached hydrogen (secondary N) is 2. The standard InChI is InChI=1S/C28H26FN3O5/c1-19-6-10-21(11-7-19)26(28(35)30-16-23-4-2-14-36-23)32(18-20-8-12-22(29)13-9-20)25(33)17-31-27(34)24-5-3-15-37-24/h2-15,26H,16-18H2,1H3,(H,30,35)(H,31,34). The van der Waals surface area contributed by atoms with Crippen LogP contribution >= 0.6 is 0 Å². The number of amides is 3. The van der Waals surface area contributed by atoms with Crippen LogP contribution in [0.4, 0.5) is 4.39 Å². The summed E-state index contributed by atoms with van der Waals surface area (Å²) in [6, 6.07) is 18.4. The molecule has 0 radical (unpaired) electrons. The Bertz CT molecular complexity index is 1320.